The lowest BCUT2D eigenvalue weighted by atomic mass is 10.2. The Labute approximate surface area is 192 Å². The molecule has 0 aliphatic heterocycles. The molecule has 0 radical (unpaired) electrons. The number of nitrogens with zero attached hydrogens (tertiary/aromatic N) is 2. The van der Waals surface area contributed by atoms with Crippen LogP contribution in [0.4, 0.5) is 13.2 Å². The molecule has 0 saturated carbocycles. The number of benzene rings is 3. The van der Waals surface area contributed by atoms with E-state index in [1.165, 1.54) is 12.1 Å². The molecule has 0 aliphatic carbocycles. The fourth-order valence-corrected chi connectivity index (χ4v) is 3.82. The second kappa shape index (κ2) is 8.60. The van der Waals surface area contributed by atoms with E-state index in [9.17, 15) is 21.6 Å². The highest BCUT2D eigenvalue weighted by Crippen LogP contribution is 2.30. The predicted molar refractivity (Wildman–Crippen MR) is 117 cm³/mol. The van der Waals surface area contributed by atoms with Gasteiger partial charge in [-0.2, -0.15) is 21.6 Å². The molecule has 4 aromatic rings. The van der Waals surface area contributed by atoms with Crippen LogP contribution in [-0.2, 0) is 16.7 Å². The van der Waals surface area contributed by atoms with Crippen LogP contribution in [-0.4, -0.2) is 23.5 Å². The number of ether oxygens (including phenoxy) is 1. The molecule has 0 bridgehead atoms. The molecule has 0 unspecified atom stereocenters. The van der Waals surface area contributed by atoms with E-state index >= 15 is 0 Å². The Morgan fingerprint density at radius 2 is 1.52 bits per heavy atom. The fourth-order valence-electron chi connectivity index (χ4n) is 3.15. The van der Waals surface area contributed by atoms with Gasteiger partial charge in [0.15, 0.2) is 0 Å². The zero-order valence-electron chi connectivity index (χ0n) is 17.0. The molecule has 0 aliphatic rings. The van der Waals surface area contributed by atoms with E-state index in [0.717, 1.165) is 34.6 Å². The maximum Gasteiger partial charge on any atom is 0.534 e. The lowest BCUT2D eigenvalue weighted by Crippen LogP contribution is -2.27. The molecular weight excluding hydrogens is 481 g/mol. The lowest BCUT2D eigenvalue weighted by molar-refractivity contribution is -0.0500. The molecule has 0 atom stereocenters. The highest BCUT2D eigenvalue weighted by atomic mass is 35.5. The first-order chi connectivity index (χ1) is 15.5. The van der Waals surface area contributed by atoms with E-state index in [1.54, 1.807) is 18.2 Å². The van der Waals surface area contributed by atoms with Crippen molar-refractivity contribution < 1.29 is 30.5 Å². The standard InChI is InChI=1S/C22H16ClF3N2O4S/c1-14-27-21-19(23)3-2-4-20(21)28(14)13-15-5-7-16(8-6-15)31-17-9-11-18(12-10-17)32-33(29,30)22(24,25)26/h2-12H,13H2,1H3. The quantitative estimate of drug-likeness (QED) is 0.239. The van der Waals surface area contributed by atoms with E-state index in [1.807, 2.05) is 35.8 Å². The molecule has 0 fully saturated rings. The van der Waals surface area contributed by atoms with Crippen LogP contribution >= 0.6 is 11.6 Å². The molecule has 1 heterocycles. The van der Waals surface area contributed by atoms with Crippen molar-refractivity contribution in [2.24, 2.45) is 0 Å². The third-order valence-corrected chi connectivity index (χ3v) is 6.02. The summed E-state index contributed by atoms with van der Waals surface area (Å²) in [5.41, 5.74) is -2.84. The van der Waals surface area contributed by atoms with E-state index in [4.69, 9.17) is 16.3 Å². The monoisotopic (exact) mass is 496 g/mol. The maximum atomic E-state index is 12.4. The summed E-state index contributed by atoms with van der Waals surface area (Å²) in [4.78, 5) is 4.52. The van der Waals surface area contributed by atoms with Gasteiger partial charge in [0.25, 0.3) is 0 Å². The Balaban J connectivity index is 1.44. The van der Waals surface area contributed by atoms with Crippen molar-refractivity contribution in [3.8, 4) is 17.2 Å². The summed E-state index contributed by atoms with van der Waals surface area (Å²) >= 11 is 6.22. The number of halogens is 4. The van der Waals surface area contributed by atoms with Gasteiger partial charge in [-0.05, 0) is 61.0 Å². The van der Waals surface area contributed by atoms with Crippen LogP contribution in [0.3, 0.4) is 0 Å². The molecule has 33 heavy (non-hydrogen) atoms. The molecule has 172 valence electrons. The average Bonchev–Trinajstić information content (AvgIpc) is 3.06. The number of alkyl halides is 3. The Bertz CT molecular complexity index is 1400. The van der Waals surface area contributed by atoms with Crippen molar-refractivity contribution in [3.05, 3.63) is 83.1 Å². The average molecular weight is 497 g/mol. The SMILES string of the molecule is Cc1nc2c(Cl)cccc2n1Cc1ccc(Oc2ccc(OS(=O)(=O)C(F)(F)F)cc2)cc1. The third-order valence-electron chi connectivity index (χ3n) is 4.73. The van der Waals surface area contributed by atoms with Gasteiger partial charge in [-0.1, -0.05) is 29.8 Å². The first-order valence-corrected chi connectivity index (χ1v) is 11.3. The number of hydrogen-bond donors (Lipinski definition) is 0. The highest BCUT2D eigenvalue weighted by molar-refractivity contribution is 7.88. The molecule has 0 saturated heterocycles. The van der Waals surface area contributed by atoms with Crippen LogP contribution < -0.4 is 8.92 Å². The van der Waals surface area contributed by atoms with Crippen LogP contribution in [0.25, 0.3) is 11.0 Å². The van der Waals surface area contributed by atoms with Crippen molar-refractivity contribution in [1.29, 1.82) is 0 Å². The fraction of sp³-hybridized carbons (Fsp3) is 0.136. The molecule has 0 amide bonds. The Morgan fingerprint density at radius 1 is 0.939 bits per heavy atom. The molecule has 4 rings (SSSR count). The Morgan fingerprint density at radius 3 is 2.12 bits per heavy atom. The number of fused-ring (bicyclic) bond motifs is 1. The van der Waals surface area contributed by atoms with E-state index < -0.39 is 21.4 Å². The smallest absolute Gasteiger partial charge is 0.457 e. The highest BCUT2D eigenvalue weighted by Gasteiger charge is 2.48. The summed E-state index contributed by atoms with van der Waals surface area (Å²) < 4.78 is 71.1. The zero-order chi connectivity index (χ0) is 23.8. The molecule has 0 N–H and O–H groups in total. The Kier molecular flexibility index (Phi) is 5.98. The lowest BCUT2D eigenvalue weighted by Gasteiger charge is -2.11. The number of aryl methyl sites for hydroxylation is 1. The van der Waals surface area contributed by atoms with Crippen molar-refractivity contribution >= 4 is 32.8 Å². The normalized spacial score (nSPS) is 12.2. The second-order valence-electron chi connectivity index (χ2n) is 7.05. The van der Waals surface area contributed by atoms with Gasteiger partial charge < -0.3 is 13.5 Å². The second-order valence-corrected chi connectivity index (χ2v) is 9.00. The summed E-state index contributed by atoms with van der Waals surface area (Å²) in [6.45, 7) is 2.48. The van der Waals surface area contributed by atoms with Gasteiger partial charge in [0, 0.05) is 6.54 Å². The van der Waals surface area contributed by atoms with Crippen molar-refractivity contribution in [2.45, 2.75) is 19.0 Å². The van der Waals surface area contributed by atoms with Crippen LogP contribution in [0.5, 0.6) is 17.2 Å². The third kappa shape index (κ3) is 4.91. The summed E-state index contributed by atoms with van der Waals surface area (Å²) in [5, 5.41) is 0.588. The minimum atomic E-state index is -5.72. The van der Waals surface area contributed by atoms with E-state index in [0.29, 0.717) is 23.1 Å². The maximum absolute atomic E-state index is 12.4. The number of hydrogen-bond acceptors (Lipinski definition) is 5. The minimum absolute atomic E-state index is 0.297. The van der Waals surface area contributed by atoms with Crippen molar-refractivity contribution in [1.82, 2.24) is 9.55 Å². The van der Waals surface area contributed by atoms with Gasteiger partial charge >= 0.3 is 15.6 Å². The van der Waals surface area contributed by atoms with Crippen LogP contribution in [0, 0.1) is 6.92 Å². The largest absolute Gasteiger partial charge is 0.534 e. The molecular formula is C22H16ClF3N2O4S. The Hall–Kier alpha value is -3.24. The number of aromatic nitrogens is 2. The van der Waals surface area contributed by atoms with Gasteiger partial charge in [-0.25, -0.2) is 4.98 Å². The van der Waals surface area contributed by atoms with Gasteiger partial charge in [0.1, 0.15) is 28.6 Å². The summed E-state index contributed by atoms with van der Waals surface area (Å²) in [6.07, 6.45) is 0. The van der Waals surface area contributed by atoms with E-state index in [-0.39, 0.29) is 0 Å². The molecule has 6 nitrogen and oxygen atoms in total. The molecule has 0 spiro atoms. The topological polar surface area (TPSA) is 70.4 Å². The van der Waals surface area contributed by atoms with Gasteiger partial charge in [-0.15, -0.1) is 0 Å². The minimum Gasteiger partial charge on any atom is -0.457 e. The van der Waals surface area contributed by atoms with Crippen LogP contribution in [0.2, 0.25) is 5.02 Å². The van der Waals surface area contributed by atoms with Crippen molar-refractivity contribution in [2.75, 3.05) is 0 Å². The van der Waals surface area contributed by atoms with Crippen LogP contribution in [0.1, 0.15) is 11.4 Å². The summed E-state index contributed by atoms with van der Waals surface area (Å²) in [7, 11) is -5.72. The van der Waals surface area contributed by atoms with E-state index in [2.05, 4.69) is 9.17 Å². The number of imidazole rings is 1. The zero-order valence-corrected chi connectivity index (χ0v) is 18.6. The first-order valence-electron chi connectivity index (χ1n) is 9.52. The summed E-state index contributed by atoms with van der Waals surface area (Å²) in [6, 6.07) is 17.6. The van der Waals surface area contributed by atoms with Gasteiger partial charge in [-0.3, -0.25) is 0 Å². The van der Waals surface area contributed by atoms with Crippen LogP contribution in [0.15, 0.2) is 66.7 Å². The van der Waals surface area contributed by atoms with Gasteiger partial charge in [0.2, 0.25) is 0 Å². The number of para-hydroxylation sites is 1. The van der Waals surface area contributed by atoms with Gasteiger partial charge in [0.05, 0.1) is 10.5 Å². The predicted octanol–water partition coefficient (Wildman–Crippen LogP) is 6.07. The first kappa shape index (κ1) is 22.9. The molecule has 11 heteroatoms. The van der Waals surface area contributed by atoms with Crippen molar-refractivity contribution in [3.63, 3.8) is 0 Å². The summed E-state index contributed by atoms with van der Waals surface area (Å²) in [5.74, 6) is 1.14. The molecule has 3 aromatic carbocycles. The molecule has 1 aromatic heterocycles. The number of rotatable bonds is 6.